The van der Waals surface area contributed by atoms with Crippen molar-refractivity contribution in [3.63, 3.8) is 0 Å². The SMILES string of the molecule is Cn1cc(S(=O)(=O)NCCN2CCCCCC2=O)cn1. The normalized spacial score (nSPS) is 17.2. The van der Waals surface area contributed by atoms with Gasteiger partial charge in [0.2, 0.25) is 15.9 Å². The molecule has 0 bridgehead atoms. The molecule has 1 aliphatic heterocycles. The molecule has 1 amide bonds. The zero-order valence-corrected chi connectivity index (χ0v) is 12.4. The van der Waals surface area contributed by atoms with Crippen LogP contribution in [0.2, 0.25) is 0 Å². The van der Waals surface area contributed by atoms with E-state index < -0.39 is 10.0 Å². The zero-order valence-electron chi connectivity index (χ0n) is 11.6. The lowest BCUT2D eigenvalue weighted by atomic mass is 10.2. The van der Waals surface area contributed by atoms with Crippen LogP contribution in [-0.4, -0.2) is 48.6 Å². The smallest absolute Gasteiger partial charge is 0.243 e. The number of sulfonamides is 1. The molecule has 2 rings (SSSR count). The summed E-state index contributed by atoms with van der Waals surface area (Å²) in [5.74, 6) is 0.114. The third kappa shape index (κ3) is 3.80. The Morgan fingerprint density at radius 1 is 1.35 bits per heavy atom. The number of nitrogens with one attached hydrogen (secondary N) is 1. The summed E-state index contributed by atoms with van der Waals surface area (Å²) in [5.41, 5.74) is 0. The number of carbonyl (C=O) groups is 1. The third-order valence-electron chi connectivity index (χ3n) is 3.34. The first-order chi connectivity index (χ1) is 9.49. The number of hydrogen-bond donors (Lipinski definition) is 1. The van der Waals surface area contributed by atoms with E-state index in [1.807, 2.05) is 0 Å². The molecule has 1 saturated heterocycles. The van der Waals surface area contributed by atoms with Gasteiger partial charge < -0.3 is 4.90 Å². The number of hydrogen-bond acceptors (Lipinski definition) is 4. The van der Waals surface area contributed by atoms with Gasteiger partial charge in [-0.05, 0) is 12.8 Å². The van der Waals surface area contributed by atoms with Crippen molar-refractivity contribution in [2.24, 2.45) is 7.05 Å². The molecule has 1 aliphatic rings. The van der Waals surface area contributed by atoms with Crippen LogP contribution in [0.5, 0.6) is 0 Å². The quantitative estimate of drug-likeness (QED) is 0.836. The Morgan fingerprint density at radius 2 is 2.15 bits per heavy atom. The Morgan fingerprint density at radius 3 is 2.85 bits per heavy atom. The van der Waals surface area contributed by atoms with Gasteiger partial charge in [-0.3, -0.25) is 9.48 Å². The monoisotopic (exact) mass is 300 g/mol. The summed E-state index contributed by atoms with van der Waals surface area (Å²) >= 11 is 0. The van der Waals surface area contributed by atoms with E-state index in [1.165, 1.54) is 17.1 Å². The van der Waals surface area contributed by atoms with Crippen molar-refractivity contribution in [2.45, 2.75) is 30.6 Å². The van der Waals surface area contributed by atoms with Crippen LogP contribution in [0, 0.1) is 0 Å². The first-order valence-corrected chi connectivity index (χ1v) is 8.23. The number of carbonyl (C=O) groups excluding carboxylic acids is 1. The molecule has 0 saturated carbocycles. The summed E-state index contributed by atoms with van der Waals surface area (Å²) in [4.78, 5) is 13.7. The second-order valence-electron chi connectivity index (χ2n) is 4.94. The number of amides is 1. The van der Waals surface area contributed by atoms with Gasteiger partial charge >= 0.3 is 0 Å². The van der Waals surface area contributed by atoms with Crippen molar-refractivity contribution >= 4 is 15.9 Å². The highest BCUT2D eigenvalue weighted by Gasteiger charge is 2.19. The molecule has 20 heavy (non-hydrogen) atoms. The van der Waals surface area contributed by atoms with Gasteiger partial charge in [-0.2, -0.15) is 5.10 Å². The highest BCUT2D eigenvalue weighted by molar-refractivity contribution is 7.89. The van der Waals surface area contributed by atoms with E-state index in [0.717, 1.165) is 19.3 Å². The largest absolute Gasteiger partial charge is 0.341 e. The standard InChI is InChI=1S/C12H20N4O3S/c1-15-10-11(9-13-15)20(18,19)14-6-8-16-7-4-2-3-5-12(16)17/h9-10,14H,2-8H2,1H3. The van der Waals surface area contributed by atoms with Gasteiger partial charge in [0.1, 0.15) is 4.90 Å². The van der Waals surface area contributed by atoms with E-state index >= 15 is 0 Å². The molecule has 0 aromatic carbocycles. The fraction of sp³-hybridized carbons (Fsp3) is 0.667. The van der Waals surface area contributed by atoms with E-state index in [4.69, 9.17) is 0 Å². The van der Waals surface area contributed by atoms with Crippen molar-refractivity contribution in [1.82, 2.24) is 19.4 Å². The lowest BCUT2D eigenvalue weighted by molar-refractivity contribution is -0.130. The van der Waals surface area contributed by atoms with Crippen LogP contribution in [0.25, 0.3) is 0 Å². The highest BCUT2D eigenvalue weighted by Crippen LogP contribution is 2.11. The van der Waals surface area contributed by atoms with E-state index in [2.05, 4.69) is 9.82 Å². The molecule has 2 heterocycles. The summed E-state index contributed by atoms with van der Waals surface area (Å²) in [6, 6.07) is 0. The molecule has 1 N–H and O–H groups in total. The van der Waals surface area contributed by atoms with Gasteiger partial charge in [-0.25, -0.2) is 13.1 Å². The van der Waals surface area contributed by atoms with Crippen LogP contribution in [-0.2, 0) is 21.9 Å². The Bertz CT molecular complexity index is 567. The number of likely N-dealkylation sites (tertiary alicyclic amines) is 1. The van der Waals surface area contributed by atoms with Crippen LogP contribution in [0.3, 0.4) is 0 Å². The molecule has 112 valence electrons. The summed E-state index contributed by atoms with van der Waals surface area (Å²) in [7, 11) is -1.88. The lowest BCUT2D eigenvalue weighted by Gasteiger charge is -2.20. The minimum absolute atomic E-state index is 0.114. The molecule has 0 aliphatic carbocycles. The molecule has 1 fully saturated rings. The average Bonchev–Trinajstić information content (AvgIpc) is 2.73. The Hall–Kier alpha value is -1.41. The van der Waals surface area contributed by atoms with Crippen LogP contribution in [0.4, 0.5) is 0 Å². The summed E-state index contributed by atoms with van der Waals surface area (Å²) in [5, 5.41) is 3.84. The van der Waals surface area contributed by atoms with Crippen molar-refractivity contribution in [3.8, 4) is 0 Å². The number of aromatic nitrogens is 2. The first kappa shape index (κ1) is 15.0. The molecule has 0 spiro atoms. The molecular formula is C12H20N4O3S. The second kappa shape index (κ2) is 6.36. The predicted octanol–water partition coefficient (Wildman–Crippen LogP) is 0.101. The van der Waals surface area contributed by atoms with Crippen LogP contribution in [0.15, 0.2) is 17.3 Å². The molecule has 0 unspecified atom stereocenters. The number of nitrogens with zero attached hydrogens (tertiary/aromatic N) is 3. The predicted molar refractivity (Wildman–Crippen MR) is 73.4 cm³/mol. The summed E-state index contributed by atoms with van der Waals surface area (Å²) in [6.45, 7) is 1.36. The molecule has 7 nitrogen and oxygen atoms in total. The lowest BCUT2D eigenvalue weighted by Crippen LogP contribution is -2.38. The Kier molecular flexibility index (Phi) is 4.77. The molecule has 1 aromatic heterocycles. The van der Waals surface area contributed by atoms with Crippen molar-refractivity contribution in [1.29, 1.82) is 0 Å². The molecule has 8 heteroatoms. The summed E-state index contributed by atoms with van der Waals surface area (Å²) in [6.07, 6.45) is 6.29. The minimum atomic E-state index is -3.54. The topological polar surface area (TPSA) is 84.3 Å². The van der Waals surface area contributed by atoms with E-state index in [-0.39, 0.29) is 17.3 Å². The van der Waals surface area contributed by atoms with E-state index in [0.29, 0.717) is 19.5 Å². The van der Waals surface area contributed by atoms with Gasteiger partial charge in [0.15, 0.2) is 0 Å². The van der Waals surface area contributed by atoms with Crippen molar-refractivity contribution in [3.05, 3.63) is 12.4 Å². The van der Waals surface area contributed by atoms with Crippen LogP contribution >= 0.6 is 0 Å². The van der Waals surface area contributed by atoms with Gasteiger partial charge in [0.25, 0.3) is 0 Å². The summed E-state index contributed by atoms with van der Waals surface area (Å²) < 4.78 is 27.9. The van der Waals surface area contributed by atoms with Crippen LogP contribution in [0.1, 0.15) is 25.7 Å². The van der Waals surface area contributed by atoms with Gasteiger partial charge in [0, 0.05) is 39.3 Å². The first-order valence-electron chi connectivity index (χ1n) is 6.75. The third-order valence-corrected chi connectivity index (χ3v) is 4.75. The van der Waals surface area contributed by atoms with Crippen molar-refractivity contribution in [2.75, 3.05) is 19.6 Å². The zero-order chi connectivity index (χ0) is 14.6. The second-order valence-corrected chi connectivity index (χ2v) is 6.71. The number of aryl methyl sites for hydroxylation is 1. The fourth-order valence-electron chi connectivity index (χ4n) is 2.21. The minimum Gasteiger partial charge on any atom is -0.341 e. The van der Waals surface area contributed by atoms with E-state index in [1.54, 1.807) is 11.9 Å². The molecule has 0 radical (unpaired) electrons. The highest BCUT2D eigenvalue weighted by atomic mass is 32.2. The van der Waals surface area contributed by atoms with Crippen LogP contribution < -0.4 is 4.72 Å². The Balaban J connectivity index is 1.87. The molecule has 0 atom stereocenters. The number of rotatable bonds is 5. The Labute approximate surface area is 119 Å². The fourth-order valence-corrected chi connectivity index (χ4v) is 3.21. The molecular weight excluding hydrogens is 280 g/mol. The molecule has 1 aromatic rings. The van der Waals surface area contributed by atoms with Crippen molar-refractivity contribution < 1.29 is 13.2 Å². The van der Waals surface area contributed by atoms with Gasteiger partial charge in [0.05, 0.1) is 6.20 Å². The van der Waals surface area contributed by atoms with E-state index in [9.17, 15) is 13.2 Å². The maximum Gasteiger partial charge on any atom is 0.243 e. The van der Waals surface area contributed by atoms with Gasteiger partial charge in [-0.1, -0.05) is 6.42 Å². The maximum absolute atomic E-state index is 12.0. The van der Waals surface area contributed by atoms with Gasteiger partial charge in [-0.15, -0.1) is 0 Å². The average molecular weight is 300 g/mol. The maximum atomic E-state index is 12.0.